The molecule has 4 rings (SSSR count). The highest BCUT2D eigenvalue weighted by molar-refractivity contribution is 5.36. The van der Waals surface area contributed by atoms with Crippen molar-refractivity contribution in [2.75, 3.05) is 30.8 Å². The Bertz CT molecular complexity index is 848. The molecule has 1 aliphatic heterocycles. The van der Waals surface area contributed by atoms with E-state index >= 15 is 0 Å². The predicted molar refractivity (Wildman–Crippen MR) is 105 cm³/mol. The predicted octanol–water partition coefficient (Wildman–Crippen LogP) is 1.44. The average Bonchev–Trinajstić information content (AvgIpc) is 3.49. The van der Waals surface area contributed by atoms with Gasteiger partial charge in [-0.3, -0.25) is 9.69 Å². The van der Waals surface area contributed by atoms with Gasteiger partial charge >= 0.3 is 0 Å². The van der Waals surface area contributed by atoms with Crippen LogP contribution in [-0.2, 0) is 6.54 Å². The van der Waals surface area contributed by atoms with E-state index in [0.717, 1.165) is 51.0 Å². The molecule has 0 radical (unpaired) electrons. The van der Waals surface area contributed by atoms with E-state index in [1.165, 1.54) is 0 Å². The molecule has 2 N–H and O–H groups in total. The molecule has 27 heavy (non-hydrogen) atoms. The van der Waals surface area contributed by atoms with Crippen molar-refractivity contribution < 1.29 is 0 Å². The molecule has 2 aliphatic rings. The van der Waals surface area contributed by atoms with Crippen LogP contribution in [0, 0.1) is 0 Å². The maximum atomic E-state index is 12.8. The van der Waals surface area contributed by atoms with Gasteiger partial charge in [0.1, 0.15) is 11.6 Å². The number of nitrogens with zero attached hydrogens (tertiary/aromatic N) is 6. The van der Waals surface area contributed by atoms with Crippen LogP contribution in [0.1, 0.15) is 44.0 Å². The van der Waals surface area contributed by atoms with Gasteiger partial charge in [0.25, 0.3) is 5.56 Å². The summed E-state index contributed by atoms with van der Waals surface area (Å²) < 4.78 is 1.86. The Morgan fingerprint density at radius 1 is 1.19 bits per heavy atom. The zero-order valence-corrected chi connectivity index (χ0v) is 15.8. The first-order valence-electron chi connectivity index (χ1n) is 9.71. The number of aromatic nitrogens is 4. The summed E-state index contributed by atoms with van der Waals surface area (Å²) in [6.45, 7) is 2.38. The minimum atomic E-state index is 0.0555. The van der Waals surface area contributed by atoms with E-state index < -0.39 is 0 Å². The van der Waals surface area contributed by atoms with E-state index in [1.54, 1.807) is 18.5 Å². The van der Waals surface area contributed by atoms with E-state index in [4.69, 9.17) is 5.73 Å². The van der Waals surface area contributed by atoms with Gasteiger partial charge in [0, 0.05) is 43.8 Å². The summed E-state index contributed by atoms with van der Waals surface area (Å²) in [5.74, 6) is 1.85. The molecule has 8 nitrogen and oxygen atoms in total. The van der Waals surface area contributed by atoms with Crippen molar-refractivity contribution in [3.63, 3.8) is 0 Å². The second-order valence-corrected chi connectivity index (χ2v) is 7.58. The van der Waals surface area contributed by atoms with Crippen LogP contribution in [0.15, 0.2) is 29.5 Å². The van der Waals surface area contributed by atoms with Crippen molar-refractivity contribution >= 4 is 11.6 Å². The topological polar surface area (TPSA) is 93.2 Å². The first-order valence-corrected chi connectivity index (χ1v) is 9.71. The quantitative estimate of drug-likeness (QED) is 0.852. The molecule has 0 bridgehead atoms. The highest BCUT2D eigenvalue weighted by Gasteiger charge is 2.27. The van der Waals surface area contributed by atoms with E-state index in [1.807, 2.05) is 10.8 Å². The number of hydrogen-bond donors (Lipinski definition) is 1. The molecule has 0 aromatic carbocycles. The standard InChI is InChI=1S/C19H27N7O/c1-24(13-17-21-8-6-16(20)23-17)14-3-2-10-25(11-7-14)18-19(27)26(12-9-22-18)15-4-5-15/h6,8-9,12,14-15H,2-5,7,10-11,13H2,1H3,(H2,20,21,23). The molecule has 1 atom stereocenters. The van der Waals surface area contributed by atoms with Crippen LogP contribution in [0.2, 0.25) is 0 Å². The van der Waals surface area contributed by atoms with Crippen molar-refractivity contribution in [2.45, 2.75) is 50.7 Å². The Hall–Kier alpha value is -2.48. The third-order valence-electron chi connectivity index (χ3n) is 5.53. The summed E-state index contributed by atoms with van der Waals surface area (Å²) in [6, 6.07) is 2.51. The van der Waals surface area contributed by atoms with Crippen molar-refractivity contribution in [3.05, 3.63) is 40.8 Å². The largest absolute Gasteiger partial charge is 0.384 e. The lowest BCUT2D eigenvalue weighted by molar-refractivity contribution is 0.212. The summed E-state index contributed by atoms with van der Waals surface area (Å²) in [4.78, 5) is 30.2. The molecule has 2 fully saturated rings. The second-order valence-electron chi connectivity index (χ2n) is 7.58. The fraction of sp³-hybridized carbons (Fsp3) is 0.579. The molecule has 8 heteroatoms. The average molecular weight is 369 g/mol. The Morgan fingerprint density at radius 2 is 2.04 bits per heavy atom. The van der Waals surface area contributed by atoms with E-state index in [2.05, 4.69) is 31.8 Å². The lowest BCUT2D eigenvalue weighted by Crippen LogP contribution is -2.36. The molecule has 0 spiro atoms. The Balaban J connectivity index is 1.42. The number of nitrogen functional groups attached to an aromatic ring is 1. The number of nitrogens with two attached hydrogens (primary N) is 1. The van der Waals surface area contributed by atoms with Crippen molar-refractivity contribution in [2.24, 2.45) is 0 Å². The Kier molecular flexibility index (Phi) is 5.07. The molecular weight excluding hydrogens is 342 g/mol. The molecule has 0 amide bonds. The van der Waals surface area contributed by atoms with Gasteiger partial charge in [0.15, 0.2) is 5.82 Å². The van der Waals surface area contributed by atoms with Gasteiger partial charge < -0.3 is 15.2 Å². The van der Waals surface area contributed by atoms with Crippen molar-refractivity contribution in [1.82, 2.24) is 24.4 Å². The lowest BCUT2D eigenvalue weighted by atomic mass is 10.1. The van der Waals surface area contributed by atoms with Gasteiger partial charge in [0.05, 0.1) is 6.54 Å². The monoisotopic (exact) mass is 369 g/mol. The van der Waals surface area contributed by atoms with Crippen LogP contribution in [0.4, 0.5) is 11.6 Å². The van der Waals surface area contributed by atoms with Gasteiger partial charge in [-0.1, -0.05) is 0 Å². The van der Waals surface area contributed by atoms with Gasteiger partial charge in [-0.25, -0.2) is 15.0 Å². The summed E-state index contributed by atoms with van der Waals surface area (Å²) in [6.07, 6.45) is 10.6. The normalized spacial score (nSPS) is 20.7. The van der Waals surface area contributed by atoms with Gasteiger partial charge in [-0.2, -0.15) is 0 Å². The van der Waals surface area contributed by atoms with Crippen LogP contribution in [0.5, 0.6) is 0 Å². The SMILES string of the molecule is CN(Cc1nccc(N)n1)C1CCCN(c2nccn(C3CC3)c2=O)CC1. The van der Waals surface area contributed by atoms with Crippen molar-refractivity contribution in [3.8, 4) is 0 Å². The first-order chi connectivity index (χ1) is 13.1. The maximum absolute atomic E-state index is 12.8. The minimum absolute atomic E-state index is 0.0555. The number of hydrogen-bond acceptors (Lipinski definition) is 7. The smallest absolute Gasteiger partial charge is 0.293 e. The van der Waals surface area contributed by atoms with Gasteiger partial charge in [0.2, 0.25) is 0 Å². The van der Waals surface area contributed by atoms with Crippen LogP contribution >= 0.6 is 0 Å². The highest BCUT2D eigenvalue weighted by Crippen LogP contribution is 2.33. The molecule has 144 valence electrons. The molecular formula is C19H27N7O. The first kappa shape index (κ1) is 17.9. The van der Waals surface area contributed by atoms with E-state index in [-0.39, 0.29) is 5.56 Å². The van der Waals surface area contributed by atoms with Gasteiger partial charge in [-0.15, -0.1) is 0 Å². The zero-order chi connectivity index (χ0) is 18.8. The molecule has 2 aromatic rings. The summed E-state index contributed by atoms with van der Waals surface area (Å²) in [5.41, 5.74) is 5.81. The van der Waals surface area contributed by atoms with E-state index in [9.17, 15) is 4.79 Å². The fourth-order valence-corrected chi connectivity index (χ4v) is 3.85. The minimum Gasteiger partial charge on any atom is -0.384 e. The van der Waals surface area contributed by atoms with E-state index in [0.29, 0.717) is 30.3 Å². The van der Waals surface area contributed by atoms with Crippen molar-refractivity contribution in [1.29, 1.82) is 0 Å². The second kappa shape index (κ2) is 7.64. The highest BCUT2D eigenvalue weighted by atomic mass is 16.1. The van der Waals surface area contributed by atoms with Crippen LogP contribution in [0.25, 0.3) is 0 Å². The Labute approximate surface area is 159 Å². The van der Waals surface area contributed by atoms with Crippen LogP contribution in [0.3, 0.4) is 0 Å². The fourth-order valence-electron chi connectivity index (χ4n) is 3.85. The summed E-state index contributed by atoms with van der Waals surface area (Å²) in [7, 11) is 2.10. The van der Waals surface area contributed by atoms with Crippen LogP contribution < -0.4 is 16.2 Å². The molecule has 2 aromatic heterocycles. The zero-order valence-electron chi connectivity index (χ0n) is 15.8. The van der Waals surface area contributed by atoms with Crippen LogP contribution in [-0.4, -0.2) is 50.6 Å². The molecule has 1 saturated heterocycles. The third kappa shape index (κ3) is 4.10. The molecule has 1 aliphatic carbocycles. The third-order valence-corrected chi connectivity index (χ3v) is 5.53. The number of anilines is 2. The molecule has 3 heterocycles. The number of rotatable bonds is 5. The summed E-state index contributed by atoms with van der Waals surface area (Å²) in [5, 5.41) is 0. The lowest BCUT2D eigenvalue weighted by Gasteiger charge is -2.26. The summed E-state index contributed by atoms with van der Waals surface area (Å²) >= 11 is 0. The maximum Gasteiger partial charge on any atom is 0.293 e. The molecule has 1 unspecified atom stereocenters. The van der Waals surface area contributed by atoms with Gasteiger partial charge in [-0.05, 0) is 45.2 Å². The Morgan fingerprint density at radius 3 is 2.81 bits per heavy atom. The molecule has 1 saturated carbocycles.